The summed E-state index contributed by atoms with van der Waals surface area (Å²) < 4.78 is 0. The zero-order valence-electron chi connectivity index (χ0n) is 36.9. The van der Waals surface area contributed by atoms with E-state index in [1.807, 2.05) is 0 Å². The van der Waals surface area contributed by atoms with E-state index in [1.54, 1.807) is 141 Å². The van der Waals surface area contributed by atoms with Crippen LogP contribution in [0.1, 0.15) is 193 Å². The van der Waals surface area contributed by atoms with E-state index in [0.29, 0.717) is 0 Å². The van der Waals surface area contributed by atoms with Crippen LogP contribution in [0.2, 0.25) is 0 Å². The Kier molecular flexibility index (Phi) is 8.54. The van der Waals surface area contributed by atoms with Gasteiger partial charge in [-0.3, -0.25) is 19.6 Å². The van der Waals surface area contributed by atoms with Gasteiger partial charge in [0, 0.05) is 72.5 Å². The van der Waals surface area contributed by atoms with Crippen molar-refractivity contribution in [3.63, 3.8) is 0 Å². The molecule has 0 radical (unpaired) electrons. The molecule has 0 amide bonds. The molecule has 4 nitrogen and oxygen atoms in total. The Bertz CT molecular complexity index is 1450. The zero-order chi connectivity index (χ0) is 37.4. The monoisotopic (exact) mass is 789 g/mol. The quantitative estimate of drug-likeness (QED) is 0.276. The minimum Gasteiger partial charge on any atom is -0.294 e. The van der Waals surface area contributed by atoms with Crippen LogP contribution in [0.4, 0.5) is 0 Å². The van der Waals surface area contributed by atoms with Crippen LogP contribution in [-0.4, -0.2) is 92.1 Å². The summed E-state index contributed by atoms with van der Waals surface area (Å²) in [5.41, 5.74) is 0. The summed E-state index contributed by atoms with van der Waals surface area (Å²) in [6.07, 6.45) is 47.0. The topological polar surface area (TPSA) is 13.0 Å². The minimum atomic E-state index is 0.942. The van der Waals surface area contributed by atoms with Gasteiger partial charge >= 0.3 is 0 Å². The predicted molar refractivity (Wildman–Crippen MR) is 233 cm³/mol. The smallest absolute Gasteiger partial charge is 0.0179 e. The third kappa shape index (κ3) is 4.76. The van der Waals surface area contributed by atoms with Crippen LogP contribution >= 0.6 is 0 Å². The molecule has 9 saturated carbocycles. The lowest BCUT2D eigenvalue weighted by Crippen LogP contribution is -2.56. The van der Waals surface area contributed by atoms with Crippen molar-refractivity contribution in [1.29, 1.82) is 0 Å². The predicted octanol–water partition coefficient (Wildman–Crippen LogP) is 10.9. The van der Waals surface area contributed by atoms with Gasteiger partial charge in [-0.15, -0.1) is 0 Å². The molecule has 22 atom stereocenters. The maximum absolute atomic E-state index is 3.53. The highest BCUT2D eigenvalue weighted by Gasteiger charge is 2.75. The maximum atomic E-state index is 3.53. The van der Waals surface area contributed by atoms with Gasteiger partial charge in [-0.25, -0.2) is 0 Å². The van der Waals surface area contributed by atoms with Gasteiger partial charge in [0.25, 0.3) is 0 Å². The van der Waals surface area contributed by atoms with Crippen LogP contribution in [0.15, 0.2) is 0 Å². The van der Waals surface area contributed by atoms with Crippen molar-refractivity contribution in [2.75, 3.05) is 0 Å². The summed E-state index contributed by atoms with van der Waals surface area (Å²) in [6.45, 7) is 0. The SMILES string of the molecule is C1CCC(N2C3CCCCC3C3CC4C5CC6C(CC5N5C7CCCCC7C(C32)C45)C2CC3C4CCCCC4N(C4CCCCC4)C3C3C4CCCCC4N6C23)CC1. The second kappa shape index (κ2) is 13.7. The molecule has 4 heteroatoms. The highest BCUT2D eigenvalue weighted by Crippen LogP contribution is 2.71. The van der Waals surface area contributed by atoms with E-state index in [-0.39, 0.29) is 0 Å². The Morgan fingerprint density at radius 3 is 0.931 bits per heavy atom. The van der Waals surface area contributed by atoms with Gasteiger partial charge in [-0.05, 0) is 174 Å². The number of rotatable bonds is 2. The van der Waals surface area contributed by atoms with E-state index >= 15 is 0 Å². The fourth-order valence-corrected chi connectivity index (χ4v) is 23.5. The molecule has 15 aliphatic rings. The Labute approximate surface area is 354 Å². The first-order valence-corrected chi connectivity index (χ1v) is 27.9. The summed E-state index contributed by atoms with van der Waals surface area (Å²) >= 11 is 0. The minimum absolute atomic E-state index is 0.942. The van der Waals surface area contributed by atoms with Gasteiger partial charge in [0.2, 0.25) is 0 Å². The molecule has 6 saturated heterocycles. The molecule has 9 aliphatic carbocycles. The molecule has 22 unspecified atom stereocenters. The van der Waals surface area contributed by atoms with Crippen LogP contribution in [0.5, 0.6) is 0 Å². The normalized spacial score (nSPS) is 59.0. The first-order valence-electron chi connectivity index (χ1n) is 27.9. The third-order valence-electron chi connectivity index (χ3n) is 24.4. The summed E-state index contributed by atoms with van der Waals surface area (Å²) in [5, 5.41) is 0. The Balaban J connectivity index is 0.806. The van der Waals surface area contributed by atoms with E-state index in [4.69, 9.17) is 0 Å². The standard InChI is InChI=1S/C54H84N4/c1-3-15-31(16-4-1)55-43-23-11-7-19-33(43)39-27-41-37-29-48-38(30-47(37)57-45-25-13-9-21-35(45)49(51(39)55)53(41)57)42-28-40-34-20-8-12-24-44(34)56(32-17-5-2-6-18-32)52(40)50-36-22-10-14-26-46(36)58(48)54(42)50/h31-54H,1-30H2. The van der Waals surface area contributed by atoms with Crippen molar-refractivity contribution in [3.05, 3.63) is 0 Å². The summed E-state index contributed by atoms with van der Waals surface area (Å²) in [4.78, 5) is 14.0. The summed E-state index contributed by atoms with van der Waals surface area (Å²) in [6, 6.07) is 11.5. The zero-order valence-corrected chi connectivity index (χ0v) is 36.9. The van der Waals surface area contributed by atoms with E-state index in [0.717, 1.165) is 144 Å². The molecule has 0 spiro atoms. The largest absolute Gasteiger partial charge is 0.294 e. The van der Waals surface area contributed by atoms with Crippen molar-refractivity contribution in [2.45, 2.75) is 265 Å². The van der Waals surface area contributed by atoms with Crippen LogP contribution in [0.3, 0.4) is 0 Å². The fraction of sp³-hybridized carbons (Fsp3) is 1.00. The van der Waals surface area contributed by atoms with Gasteiger partial charge < -0.3 is 0 Å². The second-order valence-electron chi connectivity index (χ2n) is 25.6. The molecule has 0 aromatic rings. The van der Waals surface area contributed by atoms with Gasteiger partial charge in [-0.2, -0.15) is 0 Å². The van der Waals surface area contributed by atoms with E-state index in [9.17, 15) is 0 Å². The lowest BCUT2D eigenvalue weighted by molar-refractivity contribution is -0.0101. The maximum Gasteiger partial charge on any atom is 0.0179 e. The van der Waals surface area contributed by atoms with Gasteiger partial charge in [0.05, 0.1) is 0 Å². The van der Waals surface area contributed by atoms with Crippen LogP contribution in [0.25, 0.3) is 0 Å². The number of hydrogen-bond acceptors (Lipinski definition) is 4. The molecular formula is C54H84N4. The van der Waals surface area contributed by atoms with Crippen LogP contribution < -0.4 is 0 Å². The van der Waals surface area contributed by atoms with Crippen molar-refractivity contribution in [1.82, 2.24) is 19.6 Å². The van der Waals surface area contributed by atoms with Crippen molar-refractivity contribution in [3.8, 4) is 0 Å². The second-order valence-corrected chi connectivity index (χ2v) is 25.6. The van der Waals surface area contributed by atoms with Gasteiger partial charge in [-0.1, -0.05) is 89.9 Å². The van der Waals surface area contributed by atoms with E-state index in [1.165, 1.54) is 51.4 Å². The molecule has 0 aromatic heterocycles. The molecule has 320 valence electrons. The van der Waals surface area contributed by atoms with Crippen molar-refractivity contribution >= 4 is 0 Å². The third-order valence-corrected chi connectivity index (χ3v) is 24.4. The number of fused-ring (bicyclic) bond motifs is 20. The molecular weight excluding hydrogens is 705 g/mol. The average molecular weight is 789 g/mol. The average Bonchev–Trinajstić information content (AvgIpc) is 4.11. The molecule has 0 aromatic carbocycles. The van der Waals surface area contributed by atoms with Gasteiger partial charge in [0.1, 0.15) is 0 Å². The van der Waals surface area contributed by atoms with Crippen molar-refractivity contribution in [2.24, 2.45) is 71.0 Å². The molecule has 15 rings (SSSR count). The molecule has 6 heterocycles. The first kappa shape index (κ1) is 36.2. The Morgan fingerprint density at radius 2 is 0.517 bits per heavy atom. The first-order chi connectivity index (χ1) is 28.8. The Morgan fingerprint density at radius 1 is 0.207 bits per heavy atom. The van der Waals surface area contributed by atoms with E-state index < -0.39 is 0 Å². The van der Waals surface area contributed by atoms with Crippen LogP contribution in [-0.2, 0) is 0 Å². The summed E-state index contributed by atoms with van der Waals surface area (Å²) in [5.74, 6) is 12.5. The molecule has 6 aliphatic heterocycles. The molecule has 0 N–H and O–H groups in total. The highest BCUT2D eigenvalue weighted by molar-refractivity contribution is 5.27. The highest BCUT2D eigenvalue weighted by atomic mass is 15.4. The van der Waals surface area contributed by atoms with E-state index in [2.05, 4.69) is 19.6 Å². The lowest BCUT2D eigenvalue weighted by Gasteiger charge is -2.52. The van der Waals surface area contributed by atoms with Crippen LogP contribution in [0, 0.1) is 71.0 Å². The Hall–Kier alpha value is -0.160. The molecule has 15 fully saturated rings. The summed E-state index contributed by atoms with van der Waals surface area (Å²) in [7, 11) is 0. The fourth-order valence-electron chi connectivity index (χ4n) is 23.5. The van der Waals surface area contributed by atoms with Crippen molar-refractivity contribution < 1.29 is 0 Å². The lowest BCUT2D eigenvalue weighted by atomic mass is 9.56. The molecule has 58 heavy (non-hydrogen) atoms. The van der Waals surface area contributed by atoms with Gasteiger partial charge in [0.15, 0.2) is 0 Å². The number of hydrogen-bond donors (Lipinski definition) is 0. The molecule has 0 bridgehead atoms. The number of nitrogens with zero attached hydrogens (tertiary/aromatic N) is 4. The number of likely N-dealkylation sites (tertiary alicyclic amines) is 2.